The molecular formula is C19H24O2S. The molecule has 3 heteroatoms. The van der Waals surface area contributed by atoms with Crippen molar-refractivity contribution in [3.05, 3.63) is 60.2 Å². The highest BCUT2D eigenvalue weighted by Crippen LogP contribution is 2.21. The maximum absolute atomic E-state index is 5.74. The lowest BCUT2D eigenvalue weighted by molar-refractivity contribution is 0.304. The zero-order chi connectivity index (χ0) is 15.5. The van der Waals surface area contributed by atoms with Crippen LogP contribution in [0.4, 0.5) is 0 Å². The fourth-order valence-electron chi connectivity index (χ4n) is 2.04. The van der Waals surface area contributed by atoms with Crippen molar-refractivity contribution in [3.8, 4) is 5.75 Å². The third-order valence-corrected chi connectivity index (χ3v) is 4.01. The largest absolute Gasteiger partial charge is 0.494 e. The van der Waals surface area contributed by atoms with Crippen LogP contribution in [0.2, 0.25) is 0 Å². The molecular weight excluding hydrogens is 292 g/mol. The predicted molar refractivity (Wildman–Crippen MR) is 93.2 cm³/mol. The Labute approximate surface area is 138 Å². The average molecular weight is 316 g/mol. The molecule has 0 aliphatic heterocycles. The van der Waals surface area contributed by atoms with Gasteiger partial charge in [-0.15, -0.1) is 0 Å². The third kappa shape index (κ3) is 6.54. The van der Waals surface area contributed by atoms with Crippen molar-refractivity contribution >= 4 is 12.0 Å². The number of hydrogen-bond acceptors (Lipinski definition) is 3. The van der Waals surface area contributed by atoms with E-state index >= 15 is 0 Å². The summed E-state index contributed by atoms with van der Waals surface area (Å²) in [6, 6.07) is 18.3. The molecule has 0 heterocycles. The van der Waals surface area contributed by atoms with Gasteiger partial charge in [0.2, 0.25) is 0 Å². The Morgan fingerprint density at radius 1 is 0.864 bits per heavy atom. The molecule has 2 aromatic carbocycles. The number of ether oxygens (including phenoxy) is 1. The summed E-state index contributed by atoms with van der Waals surface area (Å²) in [6.07, 6.45) is 4.93. The first-order valence-corrected chi connectivity index (χ1v) is 8.69. The molecule has 0 atom stereocenters. The summed E-state index contributed by atoms with van der Waals surface area (Å²) in [7, 11) is 0. The maximum Gasteiger partial charge on any atom is 0.119 e. The monoisotopic (exact) mass is 316 g/mol. The minimum atomic E-state index is 0.594. The van der Waals surface area contributed by atoms with E-state index in [2.05, 4.69) is 19.1 Å². The highest BCUT2D eigenvalue weighted by atomic mass is 32.2. The lowest BCUT2D eigenvalue weighted by Crippen LogP contribution is -1.97. The molecule has 0 aliphatic carbocycles. The minimum Gasteiger partial charge on any atom is -0.494 e. The number of hydrogen-bond donors (Lipinski definition) is 0. The number of unbranched alkanes of at least 4 members (excludes halogenated alkanes) is 3. The molecule has 118 valence electrons. The standard InChI is InChI=1S/C19H24O2S/c1-2-3-4-8-15-20-18-13-11-17(12-14-18)16-21-22-19-9-6-5-7-10-19/h5-7,9-14H,2-4,8,15-16H2,1H3. The Hall–Kier alpha value is -1.45. The Balaban J connectivity index is 1.66. The summed E-state index contributed by atoms with van der Waals surface area (Å²) in [4.78, 5) is 1.12. The van der Waals surface area contributed by atoms with E-state index in [9.17, 15) is 0 Å². The van der Waals surface area contributed by atoms with Crippen LogP contribution in [0.15, 0.2) is 59.5 Å². The van der Waals surface area contributed by atoms with Gasteiger partial charge in [0, 0.05) is 16.9 Å². The van der Waals surface area contributed by atoms with Crippen LogP contribution < -0.4 is 4.74 Å². The van der Waals surface area contributed by atoms with Crippen LogP contribution in [-0.2, 0) is 10.8 Å². The average Bonchev–Trinajstić information content (AvgIpc) is 2.57. The second kappa shape index (κ2) is 10.3. The van der Waals surface area contributed by atoms with Crippen molar-refractivity contribution in [3.63, 3.8) is 0 Å². The molecule has 0 N–H and O–H groups in total. The van der Waals surface area contributed by atoms with Crippen molar-refractivity contribution < 1.29 is 8.92 Å². The first-order chi connectivity index (χ1) is 10.9. The zero-order valence-electron chi connectivity index (χ0n) is 13.2. The quantitative estimate of drug-likeness (QED) is 0.403. The highest BCUT2D eigenvalue weighted by molar-refractivity contribution is 7.94. The first kappa shape index (κ1) is 16.9. The van der Waals surface area contributed by atoms with E-state index < -0.39 is 0 Å². The van der Waals surface area contributed by atoms with E-state index in [4.69, 9.17) is 8.92 Å². The van der Waals surface area contributed by atoms with E-state index in [1.165, 1.54) is 31.3 Å². The van der Waals surface area contributed by atoms with Crippen molar-refractivity contribution in [1.29, 1.82) is 0 Å². The molecule has 0 aliphatic rings. The lowest BCUT2D eigenvalue weighted by Gasteiger charge is -2.07. The SMILES string of the molecule is CCCCCCOc1ccc(COSc2ccccc2)cc1. The molecule has 0 saturated heterocycles. The van der Waals surface area contributed by atoms with Crippen LogP contribution in [0, 0.1) is 0 Å². The van der Waals surface area contributed by atoms with Crippen molar-refractivity contribution in [1.82, 2.24) is 0 Å². The van der Waals surface area contributed by atoms with Crippen molar-refractivity contribution in [2.24, 2.45) is 0 Å². The summed E-state index contributed by atoms with van der Waals surface area (Å²) in [5.41, 5.74) is 1.15. The summed E-state index contributed by atoms with van der Waals surface area (Å²) in [5.74, 6) is 0.941. The van der Waals surface area contributed by atoms with Gasteiger partial charge in [-0.05, 0) is 36.2 Å². The Kier molecular flexibility index (Phi) is 7.92. The smallest absolute Gasteiger partial charge is 0.119 e. The Morgan fingerprint density at radius 2 is 1.64 bits per heavy atom. The van der Waals surface area contributed by atoms with Gasteiger partial charge in [-0.1, -0.05) is 56.5 Å². The lowest BCUT2D eigenvalue weighted by atomic mass is 10.2. The van der Waals surface area contributed by atoms with Gasteiger partial charge in [-0.25, -0.2) is 0 Å². The fraction of sp³-hybridized carbons (Fsp3) is 0.368. The van der Waals surface area contributed by atoms with E-state index in [1.54, 1.807) is 0 Å². The molecule has 0 aromatic heterocycles. The van der Waals surface area contributed by atoms with Gasteiger partial charge in [0.1, 0.15) is 5.75 Å². The summed E-state index contributed by atoms with van der Waals surface area (Å²) in [6.45, 7) is 3.62. The predicted octanol–water partition coefficient (Wildman–Crippen LogP) is 5.87. The van der Waals surface area contributed by atoms with Crippen molar-refractivity contribution in [2.75, 3.05) is 6.61 Å². The van der Waals surface area contributed by atoms with Crippen LogP contribution in [0.1, 0.15) is 38.2 Å². The summed E-state index contributed by atoms with van der Waals surface area (Å²) >= 11 is 1.41. The van der Waals surface area contributed by atoms with Crippen LogP contribution in [0.5, 0.6) is 5.75 Å². The fourth-order valence-corrected chi connectivity index (χ4v) is 2.64. The summed E-state index contributed by atoms with van der Waals surface area (Å²) in [5, 5.41) is 0. The van der Waals surface area contributed by atoms with Crippen LogP contribution >= 0.6 is 12.0 Å². The molecule has 0 fully saturated rings. The molecule has 0 unspecified atom stereocenters. The van der Waals surface area contributed by atoms with Gasteiger partial charge in [-0.3, -0.25) is 0 Å². The summed E-state index contributed by atoms with van der Waals surface area (Å²) < 4.78 is 11.4. The zero-order valence-corrected chi connectivity index (χ0v) is 14.0. The number of benzene rings is 2. The maximum atomic E-state index is 5.74. The molecule has 0 amide bonds. The number of rotatable bonds is 10. The molecule has 0 saturated carbocycles. The van der Waals surface area contributed by atoms with Gasteiger partial charge in [-0.2, -0.15) is 0 Å². The molecule has 2 aromatic rings. The van der Waals surface area contributed by atoms with E-state index in [1.807, 2.05) is 42.5 Å². The molecule has 2 nitrogen and oxygen atoms in total. The van der Waals surface area contributed by atoms with E-state index in [-0.39, 0.29) is 0 Å². The van der Waals surface area contributed by atoms with Crippen molar-refractivity contribution in [2.45, 2.75) is 44.1 Å². The highest BCUT2D eigenvalue weighted by Gasteiger charge is 1.98. The van der Waals surface area contributed by atoms with Gasteiger partial charge in [0.25, 0.3) is 0 Å². The molecule has 0 spiro atoms. The second-order valence-electron chi connectivity index (χ2n) is 5.21. The first-order valence-electron chi connectivity index (χ1n) is 7.94. The van der Waals surface area contributed by atoms with Gasteiger partial charge < -0.3 is 8.92 Å². The molecule has 0 radical (unpaired) electrons. The van der Waals surface area contributed by atoms with Crippen LogP contribution in [0.3, 0.4) is 0 Å². The molecule has 22 heavy (non-hydrogen) atoms. The van der Waals surface area contributed by atoms with Gasteiger partial charge in [0.15, 0.2) is 0 Å². The Morgan fingerprint density at radius 3 is 2.36 bits per heavy atom. The van der Waals surface area contributed by atoms with E-state index in [0.717, 1.165) is 29.2 Å². The van der Waals surface area contributed by atoms with Gasteiger partial charge in [0.05, 0.1) is 13.2 Å². The van der Waals surface area contributed by atoms with E-state index in [0.29, 0.717) is 6.61 Å². The topological polar surface area (TPSA) is 18.5 Å². The Bertz CT molecular complexity index is 511. The third-order valence-electron chi connectivity index (χ3n) is 3.31. The molecule has 0 bridgehead atoms. The normalized spacial score (nSPS) is 10.6. The minimum absolute atomic E-state index is 0.594. The second-order valence-corrected chi connectivity index (χ2v) is 6.09. The molecule has 2 rings (SSSR count). The van der Waals surface area contributed by atoms with Gasteiger partial charge >= 0.3 is 0 Å². The van der Waals surface area contributed by atoms with Crippen LogP contribution in [0.25, 0.3) is 0 Å². The van der Waals surface area contributed by atoms with Crippen LogP contribution in [-0.4, -0.2) is 6.61 Å².